The van der Waals surface area contributed by atoms with Crippen molar-refractivity contribution in [3.63, 3.8) is 0 Å². The van der Waals surface area contributed by atoms with E-state index in [1.807, 2.05) is 19.1 Å². The normalized spacial score (nSPS) is 34.8. The van der Waals surface area contributed by atoms with E-state index >= 15 is 0 Å². The van der Waals surface area contributed by atoms with Crippen LogP contribution in [0.4, 0.5) is 0 Å². The maximum absolute atomic E-state index is 9.72. The Morgan fingerprint density at radius 2 is 1.15 bits per heavy atom. The Morgan fingerprint density at radius 3 is 1.67 bits per heavy atom. The Balaban J connectivity index is 0.000000277. The Labute approximate surface area is 239 Å². The van der Waals surface area contributed by atoms with Gasteiger partial charge in [-0.05, 0) is 94.8 Å². The maximum atomic E-state index is 9.72. The second-order valence-electron chi connectivity index (χ2n) is 11.3. The third-order valence-corrected chi connectivity index (χ3v) is 7.93. The van der Waals surface area contributed by atoms with Gasteiger partial charge in [-0.25, -0.2) is 0 Å². The second-order valence-corrected chi connectivity index (χ2v) is 11.3. The standard InChI is InChI=1S/2C11H20O2.C8H12O.C3H8O/c1-3-7-13-11-6-5-9(4-2)8-10(11)12;1-3-7-13-11-8-9(4-2)5-6-10(11)12;1-2-6-3-4-7-8(5-6)9-7;1-2-3-4/h2*4,9-12H,2-3,5-8H2,1H3;2,6-8H,1,3-5H2;4H,2-3H2,1H3. The van der Waals surface area contributed by atoms with E-state index in [1.54, 1.807) is 0 Å². The third-order valence-electron chi connectivity index (χ3n) is 7.93. The Kier molecular flexibility index (Phi) is 20.0. The lowest BCUT2D eigenvalue weighted by Gasteiger charge is -2.31. The number of rotatable bonds is 10. The molecule has 1 aliphatic heterocycles. The summed E-state index contributed by atoms with van der Waals surface area (Å²) in [6.07, 6.45) is 19.2. The number of epoxide rings is 1. The van der Waals surface area contributed by atoms with E-state index in [-0.39, 0.29) is 24.4 Å². The zero-order valence-corrected chi connectivity index (χ0v) is 25.2. The van der Waals surface area contributed by atoms with E-state index in [1.165, 1.54) is 19.3 Å². The molecule has 9 atom stereocenters. The quantitative estimate of drug-likeness (QED) is 0.215. The first-order valence-electron chi connectivity index (χ1n) is 15.6. The molecule has 3 saturated carbocycles. The molecule has 6 nitrogen and oxygen atoms in total. The molecule has 6 heteroatoms. The molecule has 0 aromatic heterocycles. The molecule has 9 unspecified atom stereocenters. The van der Waals surface area contributed by atoms with Crippen LogP contribution in [0.15, 0.2) is 38.0 Å². The van der Waals surface area contributed by atoms with Gasteiger partial charge in [-0.2, -0.15) is 0 Å². The lowest BCUT2D eigenvalue weighted by molar-refractivity contribution is -0.0661. The molecule has 4 rings (SSSR count). The Bertz CT molecular complexity index is 638. The number of aliphatic hydroxyl groups is 3. The van der Waals surface area contributed by atoms with E-state index in [4.69, 9.17) is 19.3 Å². The van der Waals surface area contributed by atoms with Gasteiger partial charge in [0, 0.05) is 19.8 Å². The van der Waals surface area contributed by atoms with Crippen LogP contribution in [0.1, 0.15) is 97.8 Å². The molecule has 0 radical (unpaired) electrons. The molecule has 39 heavy (non-hydrogen) atoms. The number of hydrogen-bond donors (Lipinski definition) is 3. The summed E-state index contributed by atoms with van der Waals surface area (Å²) in [7, 11) is 0. The van der Waals surface area contributed by atoms with E-state index < -0.39 is 0 Å². The number of fused-ring (bicyclic) bond motifs is 1. The molecule has 4 aliphatic rings. The van der Waals surface area contributed by atoms with Crippen molar-refractivity contribution < 1.29 is 29.5 Å². The van der Waals surface area contributed by atoms with Crippen molar-refractivity contribution in [2.45, 2.75) is 134 Å². The fourth-order valence-corrected chi connectivity index (χ4v) is 5.28. The van der Waals surface area contributed by atoms with Gasteiger partial charge in [0.25, 0.3) is 0 Å². The maximum Gasteiger partial charge on any atom is 0.0847 e. The monoisotopic (exact) mass is 552 g/mol. The van der Waals surface area contributed by atoms with Crippen molar-refractivity contribution in [2.75, 3.05) is 19.8 Å². The van der Waals surface area contributed by atoms with E-state index in [2.05, 4.69) is 39.7 Å². The number of ether oxygens (including phenoxy) is 3. The van der Waals surface area contributed by atoms with Crippen molar-refractivity contribution in [3.05, 3.63) is 38.0 Å². The molecule has 0 aromatic carbocycles. The van der Waals surface area contributed by atoms with Crippen LogP contribution in [0.25, 0.3) is 0 Å². The second kappa shape index (κ2) is 21.7. The highest BCUT2D eigenvalue weighted by molar-refractivity contribution is 4.96. The van der Waals surface area contributed by atoms with Gasteiger partial charge in [0.05, 0.1) is 36.6 Å². The summed E-state index contributed by atoms with van der Waals surface area (Å²) in [5, 5.41) is 27.2. The first-order chi connectivity index (χ1) is 18.9. The van der Waals surface area contributed by atoms with Crippen molar-refractivity contribution in [2.24, 2.45) is 17.8 Å². The van der Waals surface area contributed by atoms with Crippen molar-refractivity contribution in [1.29, 1.82) is 0 Å². The van der Waals surface area contributed by atoms with E-state index in [0.29, 0.717) is 30.7 Å². The van der Waals surface area contributed by atoms with Crippen molar-refractivity contribution >= 4 is 0 Å². The van der Waals surface area contributed by atoms with Gasteiger partial charge in [-0.1, -0.05) is 39.0 Å². The van der Waals surface area contributed by atoms with Gasteiger partial charge in [-0.3, -0.25) is 0 Å². The predicted molar refractivity (Wildman–Crippen MR) is 161 cm³/mol. The first-order valence-corrected chi connectivity index (χ1v) is 15.6. The molecule has 3 aliphatic carbocycles. The molecule has 1 heterocycles. The largest absolute Gasteiger partial charge is 0.396 e. The number of allylic oxidation sites excluding steroid dienone is 3. The van der Waals surface area contributed by atoms with Crippen molar-refractivity contribution in [1.82, 2.24) is 0 Å². The molecular weight excluding hydrogens is 492 g/mol. The van der Waals surface area contributed by atoms with Gasteiger partial charge >= 0.3 is 0 Å². The highest BCUT2D eigenvalue weighted by Gasteiger charge is 2.42. The van der Waals surface area contributed by atoms with E-state index in [0.717, 1.165) is 76.9 Å². The van der Waals surface area contributed by atoms with Gasteiger partial charge in [-0.15, -0.1) is 19.7 Å². The minimum Gasteiger partial charge on any atom is -0.396 e. The first kappa shape index (κ1) is 36.0. The van der Waals surface area contributed by atoms with Crippen LogP contribution in [0.5, 0.6) is 0 Å². The summed E-state index contributed by atoms with van der Waals surface area (Å²) in [6.45, 7) is 19.3. The Hall–Kier alpha value is -1.02. The molecule has 1 saturated heterocycles. The summed E-state index contributed by atoms with van der Waals surface area (Å²) < 4.78 is 16.5. The SMILES string of the molecule is C=CC1CCC(O)C(OCCC)C1.C=CC1CCC(OCCC)C(O)C1.C=CC1CCC2OC2C1.CCCO. The fourth-order valence-electron chi connectivity index (χ4n) is 5.28. The van der Waals surface area contributed by atoms with Crippen LogP contribution in [0.3, 0.4) is 0 Å². The predicted octanol–water partition coefficient (Wildman–Crippen LogP) is 6.39. The lowest BCUT2D eigenvalue weighted by Crippen LogP contribution is -2.35. The van der Waals surface area contributed by atoms with Crippen LogP contribution < -0.4 is 0 Å². The van der Waals surface area contributed by atoms with E-state index in [9.17, 15) is 10.2 Å². The molecule has 3 N–H and O–H groups in total. The number of aliphatic hydroxyl groups excluding tert-OH is 3. The number of hydrogen-bond acceptors (Lipinski definition) is 6. The molecular formula is C33H60O6. The van der Waals surface area contributed by atoms with Gasteiger partial charge in [0.2, 0.25) is 0 Å². The summed E-state index contributed by atoms with van der Waals surface area (Å²) in [4.78, 5) is 0. The summed E-state index contributed by atoms with van der Waals surface area (Å²) in [6, 6.07) is 0. The van der Waals surface area contributed by atoms with Crippen LogP contribution in [-0.2, 0) is 14.2 Å². The van der Waals surface area contributed by atoms with Crippen molar-refractivity contribution in [3.8, 4) is 0 Å². The minimum absolute atomic E-state index is 0.0386. The van der Waals surface area contributed by atoms with Crippen LogP contribution in [-0.4, -0.2) is 71.8 Å². The third kappa shape index (κ3) is 15.0. The van der Waals surface area contributed by atoms with Crippen LogP contribution in [0, 0.1) is 17.8 Å². The summed E-state index contributed by atoms with van der Waals surface area (Å²) in [5.41, 5.74) is 0. The molecule has 0 aromatic rings. The lowest BCUT2D eigenvalue weighted by atomic mass is 9.85. The fraction of sp³-hybridized carbons (Fsp3) is 0.818. The summed E-state index contributed by atoms with van der Waals surface area (Å²) >= 11 is 0. The van der Waals surface area contributed by atoms with Gasteiger partial charge < -0.3 is 29.5 Å². The smallest absolute Gasteiger partial charge is 0.0847 e. The Morgan fingerprint density at radius 1 is 0.641 bits per heavy atom. The highest BCUT2D eigenvalue weighted by atomic mass is 16.6. The minimum atomic E-state index is -0.289. The molecule has 0 amide bonds. The average molecular weight is 553 g/mol. The van der Waals surface area contributed by atoms with Gasteiger partial charge in [0.1, 0.15) is 0 Å². The van der Waals surface area contributed by atoms with Crippen LogP contribution >= 0.6 is 0 Å². The zero-order valence-electron chi connectivity index (χ0n) is 25.2. The summed E-state index contributed by atoms with van der Waals surface area (Å²) in [5.74, 6) is 1.76. The molecule has 0 bridgehead atoms. The van der Waals surface area contributed by atoms with Gasteiger partial charge in [0.15, 0.2) is 0 Å². The highest BCUT2D eigenvalue weighted by Crippen LogP contribution is 2.39. The average Bonchev–Trinajstić information content (AvgIpc) is 3.76. The van der Waals surface area contributed by atoms with Crippen LogP contribution in [0.2, 0.25) is 0 Å². The zero-order chi connectivity index (χ0) is 29.0. The topological polar surface area (TPSA) is 91.7 Å². The molecule has 4 fully saturated rings. The molecule has 228 valence electrons. The molecule has 0 spiro atoms.